The highest BCUT2D eigenvalue weighted by atomic mass is 32.2. The Kier molecular flexibility index (Phi) is 4.55. The summed E-state index contributed by atoms with van der Waals surface area (Å²) in [6.45, 7) is 3.24. The molecule has 6 nitrogen and oxygen atoms in total. The summed E-state index contributed by atoms with van der Waals surface area (Å²) in [6, 6.07) is 8.49. The van der Waals surface area contributed by atoms with Gasteiger partial charge in [-0.2, -0.15) is 8.42 Å². The SMILES string of the molecule is Cc1ccsc1CN(C)C(=O)[C@@H]1CCCN1C1=NS(=O)(=O)c2ccccc21. The number of hydrogen-bond acceptors (Lipinski definition) is 5. The fourth-order valence-corrected chi connectivity index (χ4v) is 5.86. The van der Waals surface area contributed by atoms with Crippen molar-refractivity contribution in [1.29, 1.82) is 0 Å². The molecule has 27 heavy (non-hydrogen) atoms. The van der Waals surface area contributed by atoms with E-state index < -0.39 is 10.0 Å². The molecular weight excluding hydrogens is 382 g/mol. The average Bonchev–Trinajstić information content (AvgIpc) is 3.34. The zero-order valence-corrected chi connectivity index (χ0v) is 16.9. The van der Waals surface area contributed by atoms with Crippen molar-refractivity contribution in [2.75, 3.05) is 13.6 Å². The van der Waals surface area contributed by atoms with Crippen LogP contribution in [0.2, 0.25) is 0 Å². The molecule has 1 saturated heterocycles. The maximum absolute atomic E-state index is 13.1. The number of amidine groups is 1. The molecule has 0 spiro atoms. The van der Waals surface area contributed by atoms with Gasteiger partial charge in [0.25, 0.3) is 10.0 Å². The molecular formula is C19H21N3O3S2. The molecule has 1 atom stereocenters. The van der Waals surface area contributed by atoms with Gasteiger partial charge in [0.1, 0.15) is 10.9 Å². The van der Waals surface area contributed by atoms with E-state index >= 15 is 0 Å². The number of carbonyl (C=O) groups is 1. The number of aryl methyl sites for hydroxylation is 1. The normalized spacial score (nSPS) is 20.4. The number of likely N-dealkylation sites (tertiary alicyclic amines) is 1. The number of benzene rings is 1. The molecule has 1 aromatic carbocycles. The number of likely N-dealkylation sites (N-methyl/N-ethyl adjacent to an activating group) is 1. The van der Waals surface area contributed by atoms with Gasteiger partial charge in [-0.05, 0) is 48.9 Å². The minimum absolute atomic E-state index is 0.00443. The zero-order valence-electron chi connectivity index (χ0n) is 15.3. The summed E-state index contributed by atoms with van der Waals surface area (Å²) in [7, 11) is -1.88. The molecule has 0 bridgehead atoms. The lowest BCUT2D eigenvalue weighted by Gasteiger charge is -2.29. The molecule has 1 fully saturated rings. The summed E-state index contributed by atoms with van der Waals surface area (Å²) < 4.78 is 28.7. The van der Waals surface area contributed by atoms with Crippen LogP contribution in [0.3, 0.4) is 0 Å². The van der Waals surface area contributed by atoms with Gasteiger partial charge in [-0.15, -0.1) is 15.7 Å². The fraction of sp³-hybridized carbons (Fsp3) is 0.368. The van der Waals surface area contributed by atoms with E-state index in [0.717, 1.165) is 6.42 Å². The lowest BCUT2D eigenvalue weighted by atomic mass is 10.1. The van der Waals surface area contributed by atoms with Crippen molar-refractivity contribution in [3.63, 3.8) is 0 Å². The van der Waals surface area contributed by atoms with Crippen LogP contribution in [-0.2, 0) is 21.4 Å². The highest BCUT2D eigenvalue weighted by Gasteiger charge is 2.40. The van der Waals surface area contributed by atoms with E-state index in [-0.39, 0.29) is 16.8 Å². The second-order valence-corrected chi connectivity index (χ2v) is 9.53. The van der Waals surface area contributed by atoms with Crippen LogP contribution in [0.4, 0.5) is 0 Å². The first-order valence-corrected chi connectivity index (χ1v) is 11.2. The third-order valence-electron chi connectivity index (χ3n) is 5.15. The van der Waals surface area contributed by atoms with Crippen molar-refractivity contribution in [2.45, 2.75) is 37.2 Å². The molecule has 0 N–H and O–H groups in total. The molecule has 3 heterocycles. The Morgan fingerprint density at radius 1 is 1.33 bits per heavy atom. The smallest absolute Gasteiger partial charge is 0.285 e. The third kappa shape index (κ3) is 3.17. The molecule has 1 aromatic heterocycles. The molecule has 0 unspecified atom stereocenters. The minimum Gasteiger partial charge on any atom is -0.343 e. The lowest BCUT2D eigenvalue weighted by Crippen LogP contribution is -2.46. The summed E-state index contributed by atoms with van der Waals surface area (Å²) in [4.78, 5) is 18.1. The van der Waals surface area contributed by atoms with Gasteiger partial charge in [0.05, 0.1) is 6.54 Å². The Labute approximate surface area is 163 Å². The van der Waals surface area contributed by atoms with Crippen LogP contribution in [0.1, 0.15) is 28.8 Å². The van der Waals surface area contributed by atoms with E-state index in [1.165, 1.54) is 10.4 Å². The molecule has 0 radical (unpaired) electrons. The van der Waals surface area contributed by atoms with Gasteiger partial charge < -0.3 is 9.80 Å². The third-order valence-corrected chi connectivity index (χ3v) is 7.48. The Morgan fingerprint density at radius 2 is 2.11 bits per heavy atom. The largest absolute Gasteiger partial charge is 0.343 e. The second kappa shape index (κ2) is 6.76. The standard InChI is InChI=1S/C19H21N3O3S2/c1-13-9-11-26-16(13)12-21(2)19(23)15-7-5-10-22(15)18-14-6-3-4-8-17(14)27(24,25)20-18/h3-4,6,8-9,11,15H,5,7,10,12H2,1-2H3/t15-/m0/s1. The summed E-state index contributed by atoms with van der Waals surface area (Å²) in [6.07, 6.45) is 1.54. The molecule has 0 aliphatic carbocycles. The Hall–Kier alpha value is -2.19. The lowest BCUT2D eigenvalue weighted by molar-refractivity contribution is -0.134. The number of thiophene rings is 1. The van der Waals surface area contributed by atoms with Crippen LogP contribution in [0.25, 0.3) is 0 Å². The summed E-state index contributed by atoms with van der Waals surface area (Å²) in [5.41, 5.74) is 1.78. The van der Waals surface area contributed by atoms with Gasteiger partial charge >= 0.3 is 0 Å². The van der Waals surface area contributed by atoms with E-state index in [9.17, 15) is 13.2 Å². The molecule has 8 heteroatoms. The number of sulfonamides is 1. The van der Waals surface area contributed by atoms with E-state index in [2.05, 4.69) is 10.5 Å². The van der Waals surface area contributed by atoms with Crippen molar-refractivity contribution in [3.8, 4) is 0 Å². The van der Waals surface area contributed by atoms with Crippen LogP contribution in [0.5, 0.6) is 0 Å². The first kappa shape index (κ1) is 18.2. The number of amides is 1. The summed E-state index contributed by atoms with van der Waals surface area (Å²) in [5.74, 6) is 0.409. The Balaban J connectivity index is 1.60. The van der Waals surface area contributed by atoms with Crippen molar-refractivity contribution in [1.82, 2.24) is 9.80 Å². The highest BCUT2D eigenvalue weighted by Crippen LogP contribution is 2.31. The molecule has 142 valence electrons. The van der Waals surface area contributed by atoms with Crippen LogP contribution < -0.4 is 0 Å². The van der Waals surface area contributed by atoms with Gasteiger partial charge in [-0.25, -0.2) is 0 Å². The molecule has 4 rings (SSSR count). The summed E-state index contributed by atoms with van der Waals surface area (Å²) in [5, 5.41) is 2.03. The number of fused-ring (bicyclic) bond motifs is 1. The Morgan fingerprint density at radius 3 is 2.85 bits per heavy atom. The van der Waals surface area contributed by atoms with Crippen molar-refractivity contribution in [2.24, 2.45) is 4.40 Å². The van der Waals surface area contributed by atoms with Crippen LogP contribution in [-0.4, -0.2) is 49.6 Å². The van der Waals surface area contributed by atoms with E-state index in [1.54, 1.807) is 47.5 Å². The average molecular weight is 404 g/mol. The molecule has 2 aliphatic heterocycles. The number of nitrogens with zero attached hydrogens (tertiary/aromatic N) is 3. The van der Waals surface area contributed by atoms with Crippen molar-refractivity contribution < 1.29 is 13.2 Å². The number of hydrogen-bond donors (Lipinski definition) is 0. The predicted molar refractivity (Wildman–Crippen MR) is 105 cm³/mol. The monoisotopic (exact) mass is 403 g/mol. The first-order chi connectivity index (χ1) is 12.9. The van der Waals surface area contributed by atoms with Crippen molar-refractivity contribution in [3.05, 3.63) is 51.7 Å². The number of rotatable bonds is 3. The predicted octanol–water partition coefficient (Wildman–Crippen LogP) is 2.63. The topological polar surface area (TPSA) is 70.1 Å². The van der Waals surface area contributed by atoms with E-state index in [1.807, 2.05) is 17.2 Å². The fourth-order valence-electron chi connectivity index (χ4n) is 3.69. The maximum Gasteiger partial charge on any atom is 0.285 e. The molecule has 2 aliphatic rings. The molecule has 1 amide bonds. The van der Waals surface area contributed by atoms with Gasteiger partial charge in [-0.3, -0.25) is 4.79 Å². The minimum atomic E-state index is -3.69. The van der Waals surface area contributed by atoms with Crippen molar-refractivity contribution >= 4 is 33.1 Å². The maximum atomic E-state index is 13.1. The van der Waals surface area contributed by atoms with Gasteiger partial charge in [0.2, 0.25) is 5.91 Å². The zero-order chi connectivity index (χ0) is 19.2. The van der Waals surface area contributed by atoms with Gasteiger partial charge in [0, 0.05) is 24.0 Å². The van der Waals surface area contributed by atoms with E-state index in [0.29, 0.717) is 30.9 Å². The first-order valence-electron chi connectivity index (χ1n) is 8.87. The van der Waals surface area contributed by atoms with Crippen LogP contribution in [0.15, 0.2) is 45.0 Å². The highest BCUT2D eigenvalue weighted by molar-refractivity contribution is 7.90. The molecule has 0 saturated carbocycles. The quantitative estimate of drug-likeness (QED) is 0.790. The number of carbonyl (C=O) groups excluding carboxylic acids is 1. The van der Waals surface area contributed by atoms with Crippen LogP contribution in [0, 0.1) is 6.92 Å². The van der Waals surface area contributed by atoms with Gasteiger partial charge in [-0.1, -0.05) is 12.1 Å². The van der Waals surface area contributed by atoms with E-state index in [4.69, 9.17) is 0 Å². The Bertz CT molecular complexity index is 1030. The second-order valence-electron chi connectivity index (χ2n) is 6.96. The van der Waals surface area contributed by atoms with Crippen LogP contribution >= 0.6 is 11.3 Å². The summed E-state index contributed by atoms with van der Waals surface area (Å²) >= 11 is 1.64. The van der Waals surface area contributed by atoms with Gasteiger partial charge in [0.15, 0.2) is 5.84 Å². The molecule has 2 aromatic rings.